The number of hydrogen-bond acceptors (Lipinski definition) is 2. The van der Waals surface area contributed by atoms with Gasteiger partial charge >= 0.3 is 0 Å². The Bertz CT molecular complexity index is 599. The van der Waals surface area contributed by atoms with Gasteiger partial charge in [0.15, 0.2) is 0 Å². The SMILES string of the molecule is COc1ccc(C(O)c2cccc(C)c2Cl)c(F)c1. The first-order valence-corrected chi connectivity index (χ1v) is 6.19. The van der Waals surface area contributed by atoms with Gasteiger partial charge in [0.2, 0.25) is 0 Å². The molecular formula is C15H14ClFO2. The number of aliphatic hydroxyl groups excluding tert-OH is 1. The maximum absolute atomic E-state index is 13.9. The molecule has 0 fully saturated rings. The molecule has 0 aliphatic carbocycles. The number of benzene rings is 2. The average molecular weight is 281 g/mol. The molecule has 4 heteroatoms. The molecule has 0 saturated heterocycles. The molecule has 0 heterocycles. The second-order valence-corrected chi connectivity index (χ2v) is 4.65. The van der Waals surface area contributed by atoms with Crippen LogP contribution in [0.25, 0.3) is 0 Å². The van der Waals surface area contributed by atoms with Crippen LogP contribution in [0.4, 0.5) is 4.39 Å². The second-order valence-electron chi connectivity index (χ2n) is 4.27. The first-order chi connectivity index (χ1) is 9.04. The highest BCUT2D eigenvalue weighted by atomic mass is 35.5. The molecule has 0 spiro atoms. The van der Waals surface area contributed by atoms with Gasteiger partial charge in [0, 0.05) is 22.2 Å². The number of methoxy groups -OCH3 is 1. The Kier molecular flexibility index (Phi) is 4.08. The molecule has 0 aliphatic heterocycles. The molecule has 2 rings (SSSR count). The highest BCUT2D eigenvalue weighted by molar-refractivity contribution is 6.32. The van der Waals surface area contributed by atoms with E-state index in [9.17, 15) is 9.50 Å². The van der Waals surface area contributed by atoms with Gasteiger partial charge in [-0.05, 0) is 24.6 Å². The minimum atomic E-state index is -1.10. The van der Waals surface area contributed by atoms with E-state index in [-0.39, 0.29) is 5.56 Å². The van der Waals surface area contributed by atoms with E-state index in [2.05, 4.69) is 0 Å². The maximum Gasteiger partial charge on any atom is 0.133 e. The first-order valence-electron chi connectivity index (χ1n) is 5.81. The number of aryl methyl sites for hydroxylation is 1. The van der Waals surface area contributed by atoms with Crippen molar-refractivity contribution in [1.82, 2.24) is 0 Å². The molecule has 0 amide bonds. The summed E-state index contributed by atoms with van der Waals surface area (Å²) in [7, 11) is 1.46. The zero-order chi connectivity index (χ0) is 14.0. The molecule has 0 aromatic heterocycles. The van der Waals surface area contributed by atoms with E-state index in [0.717, 1.165) is 5.56 Å². The van der Waals surface area contributed by atoms with Gasteiger partial charge in [-0.1, -0.05) is 29.8 Å². The summed E-state index contributed by atoms with van der Waals surface area (Å²) in [6, 6.07) is 9.64. The van der Waals surface area contributed by atoms with Crippen LogP contribution in [0.2, 0.25) is 5.02 Å². The summed E-state index contributed by atoms with van der Waals surface area (Å²) in [5.74, 6) is -0.117. The molecule has 2 aromatic carbocycles. The summed E-state index contributed by atoms with van der Waals surface area (Å²) in [6.45, 7) is 1.84. The lowest BCUT2D eigenvalue weighted by molar-refractivity contribution is 0.214. The van der Waals surface area contributed by atoms with Crippen LogP contribution < -0.4 is 4.74 Å². The fraction of sp³-hybridized carbons (Fsp3) is 0.200. The zero-order valence-corrected chi connectivity index (χ0v) is 11.4. The minimum Gasteiger partial charge on any atom is -0.497 e. The minimum absolute atomic E-state index is 0.174. The van der Waals surface area contributed by atoms with E-state index in [0.29, 0.717) is 16.3 Å². The third kappa shape index (κ3) is 2.72. The van der Waals surface area contributed by atoms with Gasteiger partial charge < -0.3 is 9.84 Å². The summed E-state index contributed by atoms with van der Waals surface area (Å²) in [6.07, 6.45) is -1.10. The van der Waals surface area contributed by atoms with E-state index >= 15 is 0 Å². The van der Waals surface area contributed by atoms with Crippen LogP contribution in [0.5, 0.6) is 5.75 Å². The molecule has 2 nitrogen and oxygen atoms in total. The normalized spacial score (nSPS) is 12.3. The lowest BCUT2D eigenvalue weighted by Gasteiger charge is -2.15. The van der Waals surface area contributed by atoms with Crippen molar-refractivity contribution in [3.8, 4) is 5.75 Å². The predicted molar refractivity (Wildman–Crippen MR) is 73.2 cm³/mol. The van der Waals surface area contributed by atoms with E-state index in [1.165, 1.54) is 19.2 Å². The van der Waals surface area contributed by atoms with Gasteiger partial charge in [-0.2, -0.15) is 0 Å². The highest BCUT2D eigenvalue weighted by Gasteiger charge is 2.18. The third-order valence-corrected chi connectivity index (χ3v) is 3.53. The summed E-state index contributed by atoms with van der Waals surface area (Å²) in [4.78, 5) is 0. The molecule has 2 aromatic rings. The quantitative estimate of drug-likeness (QED) is 0.924. The number of halogens is 2. The standard InChI is InChI=1S/C15H14ClFO2/c1-9-4-3-5-12(14(9)16)15(18)11-7-6-10(19-2)8-13(11)17/h3-8,15,18H,1-2H3. The molecule has 1 N–H and O–H groups in total. The highest BCUT2D eigenvalue weighted by Crippen LogP contribution is 2.32. The lowest BCUT2D eigenvalue weighted by atomic mass is 9.99. The Labute approximate surface area is 116 Å². The third-order valence-electron chi connectivity index (χ3n) is 3.02. The van der Waals surface area contributed by atoms with E-state index in [4.69, 9.17) is 16.3 Å². The Hall–Kier alpha value is -1.58. The molecule has 0 radical (unpaired) electrons. The average Bonchev–Trinajstić information content (AvgIpc) is 2.41. The first kappa shape index (κ1) is 13.8. The summed E-state index contributed by atoms with van der Waals surface area (Å²) in [5, 5.41) is 10.7. The van der Waals surface area contributed by atoms with Crippen LogP contribution in [-0.4, -0.2) is 12.2 Å². The van der Waals surface area contributed by atoms with Crippen molar-refractivity contribution < 1.29 is 14.2 Å². The lowest BCUT2D eigenvalue weighted by Crippen LogP contribution is -2.04. The molecular weight excluding hydrogens is 267 g/mol. The van der Waals surface area contributed by atoms with Crippen molar-refractivity contribution in [2.24, 2.45) is 0 Å². The van der Waals surface area contributed by atoms with Crippen LogP contribution in [0, 0.1) is 12.7 Å². The monoisotopic (exact) mass is 280 g/mol. The molecule has 0 saturated carbocycles. The van der Waals surface area contributed by atoms with Crippen LogP contribution in [0.15, 0.2) is 36.4 Å². The van der Waals surface area contributed by atoms with Gasteiger partial charge in [0.1, 0.15) is 17.7 Å². The molecule has 0 bridgehead atoms. The fourth-order valence-corrected chi connectivity index (χ4v) is 2.13. The summed E-state index contributed by atoms with van der Waals surface area (Å²) >= 11 is 6.14. The Balaban J connectivity index is 2.44. The van der Waals surface area contributed by atoms with Crippen LogP contribution in [0.3, 0.4) is 0 Å². The van der Waals surface area contributed by atoms with E-state index in [1.807, 2.05) is 13.0 Å². The van der Waals surface area contributed by atoms with Crippen molar-refractivity contribution in [2.45, 2.75) is 13.0 Å². The van der Waals surface area contributed by atoms with Gasteiger partial charge in [-0.25, -0.2) is 4.39 Å². The van der Waals surface area contributed by atoms with E-state index < -0.39 is 11.9 Å². The van der Waals surface area contributed by atoms with Crippen LogP contribution in [-0.2, 0) is 0 Å². The number of ether oxygens (including phenoxy) is 1. The topological polar surface area (TPSA) is 29.5 Å². The zero-order valence-electron chi connectivity index (χ0n) is 10.7. The molecule has 100 valence electrons. The molecule has 1 unspecified atom stereocenters. The number of hydrogen-bond donors (Lipinski definition) is 1. The summed E-state index contributed by atoms with van der Waals surface area (Å²) in [5.41, 5.74) is 1.51. The van der Waals surface area contributed by atoms with Gasteiger partial charge in [-0.3, -0.25) is 0 Å². The van der Waals surface area contributed by atoms with Gasteiger partial charge in [0.25, 0.3) is 0 Å². The van der Waals surface area contributed by atoms with E-state index in [1.54, 1.807) is 18.2 Å². The molecule has 19 heavy (non-hydrogen) atoms. The van der Waals surface area contributed by atoms with Crippen molar-refractivity contribution in [2.75, 3.05) is 7.11 Å². The van der Waals surface area contributed by atoms with Crippen LogP contribution >= 0.6 is 11.6 Å². The summed E-state index contributed by atoms with van der Waals surface area (Å²) < 4.78 is 18.9. The fourth-order valence-electron chi connectivity index (χ4n) is 1.91. The Morgan fingerprint density at radius 2 is 1.95 bits per heavy atom. The van der Waals surface area contributed by atoms with Crippen molar-refractivity contribution in [3.05, 3.63) is 63.9 Å². The van der Waals surface area contributed by atoms with Crippen molar-refractivity contribution in [1.29, 1.82) is 0 Å². The predicted octanol–water partition coefficient (Wildman–Crippen LogP) is 3.88. The smallest absolute Gasteiger partial charge is 0.133 e. The number of aliphatic hydroxyl groups is 1. The van der Waals surface area contributed by atoms with Gasteiger partial charge in [-0.15, -0.1) is 0 Å². The maximum atomic E-state index is 13.9. The molecule has 1 atom stereocenters. The van der Waals surface area contributed by atoms with Gasteiger partial charge in [0.05, 0.1) is 7.11 Å². The number of rotatable bonds is 3. The Morgan fingerprint density at radius 3 is 2.58 bits per heavy atom. The Morgan fingerprint density at radius 1 is 1.21 bits per heavy atom. The molecule has 0 aliphatic rings. The van der Waals surface area contributed by atoms with Crippen molar-refractivity contribution >= 4 is 11.6 Å². The largest absolute Gasteiger partial charge is 0.497 e. The van der Waals surface area contributed by atoms with Crippen molar-refractivity contribution in [3.63, 3.8) is 0 Å². The second kappa shape index (κ2) is 5.59. The van der Waals surface area contributed by atoms with Crippen LogP contribution in [0.1, 0.15) is 22.8 Å².